The number of benzene rings is 2. The molecule has 0 atom stereocenters. The van der Waals surface area contributed by atoms with E-state index in [1.54, 1.807) is 24.3 Å². The fraction of sp³-hybridized carbons (Fsp3) is 0.441. The minimum atomic E-state index is -0.571. The van der Waals surface area contributed by atoms with Crippen molar-refractivity contribution in [3.05, 3.63) is 74.0 Å². The van der Waals surface area contributed by atoms with Gasteiger partial charge in [0, 0.05) is 52.0 Å². The van der Waals surface area contributed by atoms with Gasteiger partial charge in [0.2, 0.25) is 0 Å². The second-order valence-corrected chi connectivity index (χ2v) is 14.1. The summed E-state index contributed by atoms with van der Waals surface area (Å²) in [6.07, 6.45) is 2.18. The van der Waals surface area contributed by atoms with Crippen molar-refractivity contribution in [1.82, 2.24) is 5.32 Å². The number of halogens is 2. The van der Waals surface area contributed by atoms with Gasteiger partial charge in [-0.3, -0.25) is 14.4 Å². The number of Topliss-reactive ketones (excluding diaryl/α,β-unsaturated/α-hetero) is 2. The van der Waals surface area contributed by atoms with E-state index in [9.17, 15) is 14.4 Å². The van der Waals surface area contributed by atoms with E-state index in [1.807, 2.05) is 19.9 Å². The normalized spacial score (nSPS) is 19.4. The maximum atomic E-state index is 13.7. The van der Waals surface area contributed by atoms with Gasteiger partial charge in [0.05, 0.1) is 11.6 Å². The largest absolute Gasteiger partial charge is 0.490 e. The molecule has 0 bridgehead atoms. The summed E-state index contributed by atoms with van der Waals surface area (Å²) in [6.45, 7) is 12.1. The van der Waals surface area contributed by atoms with Crippen molar-refractivity contribution in [2.75, 3.05) is 18.5 Å². The number of allylic oxidation sites excluding steroid dienone is 4. The maximum absolute atomic E-state index is 13.7. The molecule has 1 heterocycles. The maximum Gasteiger partial charge on any atom is 0.262 e. The molecule has 0 saturated heterocycles. The zero-order valence-corrected chi connectivity index (χ0v) is 27.0. The van der Waals surface area contributed by atoms with Gasteiger partial charge in [-0.05, 0) is 72.9 Å². The Morgan fingerprint density at radius 2 is 1.51 bits per heavy atom. The number of ether oxygens (including phenoxy) is 2. The predicted octanol–water partition coefficient (Wildman–Crippen LogP) is 7.69. The quantitative estimate of drug-likeness (QED) is 0.328. The van der Waals surface area contributed by atoms with Crippen LogP contribution in [0.5, 0.6) is 11.5 Å². The van der Waals surface area contributed by atoms with Gasteiger partial charge in [0.15, 0.2) is 29.7 Å². The van der Waals surface area contributed by atoms with Gasteiger partial charge in [-0.2, -0.15) is 0 Å². The lowest BCUT2D eigenvalue weighted by molar-refractivity contribution is -0.119. The molecule has 0 aromatic heterocycles. The first-order valence-electron chi connectivity index (χ1n) is 14.6. The summed E-state index contributed by atoms with van der Waals surface area (Å²) >= 11 is 13.0. The first-order chi connectivity index (χ1) is 20.2. The Morgan fingerprint density at radius 1 is 0.907 bits per heavy atom. The Hall–Kier alpha value is -3.29. The van der Waals surface area contributed by atoms with Crippen molar-refractivity contribution < 1.29 is 23.9 Å². The van der Waals surface area contributed by atoms with E-state index >= 15 is 0 Å². The second kappa shape index (κ2) is 11.7. The summed E-state index contributed by atoms with van der Waals surface area (Å²) in [5.41, 5.74) is 4.73. The van der Waals surface area contributed by atoms with Crippen LogP contribution in [0.2, 0.25) is 10.0 Å². The highest BCUT2D eigenvalue weighted by atomic mass is 35.5. The summed E-state index contributed by atoms with van der Waals surface area (Å²) in [7, 11) is 0. The van der Waals surface area contributed by atoms with Crippen LogP contribution >= 0.6 is 23.2 Å². The highest BCUT2D eigenvalue weighted by Crippen LogP contribution is 2.52. The van der Waals surface area contributed by atoms with Crippen molar-refractivity contribution in [3.8, 4) is 11.5 Å². The Kier molecular flexibility index (Phi) is 8.45. The molecule has 3 aliphatic rings. The van der Waals surface area contributed by atoms with Crippen molar-refractivity contribution in [2.24, 2.45) is 10.8 Å². The number of nitrogens with one attached hydrogen (secondary N) is 2. The van der Waals surface area contributed by atoms with E-state index in [-0.39, 0.29) is 39.8 Å². The highest BCUT2D eigenvalue weighted by molar-refractivity contribution is 6.32. The molecule has 5 rings (SSSR count). The summed E-state index contributed by atoms with van der Waals surface area (Å²) in [5.74, 6) is -0.361. The van der Waals surface area contributed by atoms with E-state index in [0.29, 0.717) is 65.5 Å². The molecule has 0 spiro atoms. The van der Waals surface area contributed by atoms with Crippen molar-refractivity contribution in [2.45, 2.75) is 73.1 Å². The zero-order valence-electron chi connectivity index (χ0n) is 25.5. The lowest BCUT2D eigenvalue weighted by atomic mass is 9.64. The number of carbonyl (C=O) groups is 3. The lowest BCUT2D eigenvalue weighted by Crippen LogP contribution is -2.42. The Morgan fingerprint density at radius 3 is 2.07 bits per heavy atom. The molecule has 2 N–H and O–H groups in total. The van der Waals surface area contributed by atoms with Crippen molar-refractivity contribution >= 4 is 46.4 Å². The van der Waals surface area contributed by atoms with Crippen LogP contribution in [0, 0.1) is 17.8 Å². The molecule has 0 fully saturated rings. The van der Waals surface area contributed by atoms with Gasteiger partial charge >= 0.3 is 0 Å². The molecule has 0 unspecified atom stereocenters. The third kappa shape index (κ3) is 6.48. The molecule has 43 heavy (non-hydrogen) atoms. The topological polar surface area (TPSA) is 93.7 Å². The number of amides is 1. The van der Waals surface area contributed by atoms with E-state index in [2.05, 4.69) is 38.3 Å². The van der Waals surface area contributed by atoms with Crippen LogP contribution in [0.3, 0.4) is 0 Å². The van der Waals surface area contributed by atoms with Crippen LogP contribution in [0.15, 0.2) is 52.9 Å². The third-order valence-electron chi connectivity index (χ3n) is 8.19. The van der Waals surface area contributed by atoms with Crippen LogP contribution < -0.4 is 20.1 Å². The average Bonchev–Trinajstić information content (AvgIpc) is 2.87. The lowest BCUT2D eigenvalue weighted by Gasteiger charge is -2.44. The number of dihydropyridines is 1. The van der Waals surface area contributed by atoms with Crippen molar-refractivity contribution in [1.29, 1.82) is 0 Å². The molecule has 228 valence electrons. The van der Waals surface area contributed by atoms with Gasteiger partial charge in [-0.25, -0.2) is 0 Å². The molecule has 1 aliphatic heterocycles. The van der Waals surface area contributed by atoms with E-state index in [0.717, 1.165) is 17.0 Å². The number of hydrogen-bond donors (Lipinski definition) is 2. The minimum absolute atomic E-state index is 0.0234. The highest BCUT2D eigenvalue weighted by Gasteiger charge is 2.46. The summed E-state index contributed by atoms with van der Waals surface area (Å²) in [5, 5.41) is 7.07. The molecule has 9 heteroatoms. The molecular weight excluding hydrogens is 587 g/mol. The number of hydrogen-bond acceptors (Lipinski definition) is 6. The fourth-order valence-corrected chi connectivity index (χ4v) is 6.84. The van der Waals surface area contributed by atoms with Gasteiger partial charge in [0.1, 0.15) is 0 Å². The number of rotatable bonds is 7. The van der Waals surface area contributed by atoms with Crippen molar-refractivity contribution in [3.63, 3.8) is 0 Å². The molecule has 2 aromatic carbocycles. The predicted molar refractivity (Wildman–Crippen MR) is 169 cm³/mol. The fourth-order valence-electron chi connectivity index (χ4n) is 6.39. The molecule has 0 saturated carbocycles. The van der Waals surface area contributed by atoms with Crippen LogP contribution in [0.1, 0.15) is 77.3 Å². The van der Waals surface area contributed by atoms with Crippen LogP contribution in [0.4, 0.5) is 5.69 Å². The Labute approximate surface area is 263 Å². The summed E-state index contributed by atoms with van der Waals surface area (Å²) < 4.78 is 11.8. The number of aryl methyl sites for hydroxylation is 1. The van der Waals surface area contributed by atoms with Gasteiger partial charge in [-0.15, -0.1) is 0 Å². The molecule has 2 aliphatic carbocycles. The number of ketones is 2. The third-order valence-corrected chi connectivity index (χ3v) is 8.88. The summed E-state index contributed by atoms with van der Waals surface area (Å²) in [6, 6.07) is 8.77. The smallest absolute Gasteiger partial charge is 0.262 e. The Bertz CT molecular complexity index is 1540. The van der Waals surface area contributed by atoms with Gasteiger partial charge in [-0.1, -0.05) is 57.0 Å². The summed E-state index contributed by atoms with van der Waals surface area (Å²) in [4.78, 5) is 40.1. The first kappa shape index (κ1) is 31.1. The number of carbonyl (C=O) groups excluding carboxylic acids is 3. The molecule has 2 aromatic rings. The van der Waals surface area contributed by atoms with E-state index in [4.69, 9.17) is 32.7 Å². The van der Waals surface area contributed by atoms with E-state index < -0.39 is 11.8 Å². The number of anilines is 1. The molecule has 0 radical (unpaired) electrons. The van der Waals surface area contributed by atoms with Gasteiger partial charge < -0.3 is 20.1 Å². The molecule has 1 amide bonds. The van der Waals surface area contributed by atoms with E-state index in [1.165, 1.54) is 0 Å². The molecule has 7 nitrogen and oxygen atoms in total. The van der Waals surface area contributed by atoms with Crippen LogP contribution in [-0.4, -0.2) is 30.7 Å². The van der Waals surface area contributed by atoms with Crippen LogP contribution in [0.25, 0.3) is 0 Å². The standard InChI is InChI=1S/C34H38Cl2N2O5/c1-7-42-27-11-19(10-22(36)32(27)43-17-28(41)37-20-9-8-18(2)21(35)12-20)29-30-23(13-33(3,4)15-25(30)39)38-24-14-34(5,6)16-26(40)31(24)29/h8-12,29,38H,7,13-17H2,1-6H3,(H,37,41). The second-order valence-electron chi connectivity index (χ2n) is 13.3. The minimum Gasteiger partial charge on any atom is -0.490 e. The first-order valence-corrected chi connectivity index (χ1v) is 15.4. The van der Waals surface area contributed by atoms with Crippen LogP contribution in [-0.2, 0) is 14.4 Å². The van der Waals surface area contributed by atoms with Gasteiger partial charge in [0.25, 0.3) is 5.91 Å². The zero-order chi connectivity index (χ0) is 31.3. The molecular formula is C34H38Cl2N2O5. The monoisotopic (exact) mass is 624 g/mol. The average molecular weight is 626 g/mol. The SMILES string of the molecule is CCOc1cc(C2C3=C(CC(C)(C)CC3=O)NC3=C2C(=O)CC(C)(C)C3)cc(Cl)c1OCC(=O)Nc1ccc(C)c(Cl)c1. The Balaban J connectivity index is 1.51.